The molecule has 0 radical (unpaired) electrons. The van der Waals surface area contributed by atoms with Crippen LogP contribution in [0.25, 0.3) is 11.4 Å². The van der Waals surface area contributed by atoms with E-state index in [1.165, 1.54) is 36.4 Å². The first-order valence-corrected chi connectivity index (χ1v) is 12.0. The fourth-order valence-electron chi connectivity index (χ4n) is 2.30. The molecule has 13 heteroatoms. The second kappa shape index (κ2) is 9.06. The van der Waals surface area contributed by atoms with Gasteiger partial charge in [0.1, 0.15) is 10.6 Å². The van der Waals surface area contributed by atoms with E-state index in [9.17, 15) is 8.42 Å². The number of hydrogen-bond acceptors (Lipinski definition) is 6. The molecular formula is C18H11Cl6N3O3S. The van der Waals surface area contributed by atoms with Crippen LogP contribution in [0.2, 0.25) is 0 Å². The zero-order valence-corrected chi connectivity index (χ0v) is 20.7. The second-order valence-electron chi connectivity index (χ2n) is 6.18. The van der Waals surface area contributed by atoms with Crippen LogP contribution in [-0.4, -0.2) is 23.4 Å². The van der Waals surface area contributed by atoms with Crippen LogP contribution in [-0.2, 0) is 17.7 Å². The molecular weight excluding hydrogens is 551 g/mol. The van der Waals surface area contributed by atoms with Gasteiger partial charge >= 0.3 is 10.1 Å². The van der Waals surface area contributed by atoms with Crippen molar-refractivity contribution in [2.24, 2.45) is 0 Å². The number of rotatable bonds is 4. The quantitative estimate of drug-likeness (QED) is 0.276. The van der Waals surface area contributed by atoms with Crippen molar-refractivity contribution >= 4 is 79.7 Å². The Balaban J connectivity index is 1.93. The second-order valence-corrected chi connectivity index (χ2v) is 12.3. The summed E-state index contributed by atoms with van der Waals surface area (Å²) in [4.78, 5) is 12.1. The molecule has 1 aromatic heterocycles. The summed E-state index contributed by atoms with van der Waals surface area (Å²) in [5.74, 6) is -0.371. The summed E-state index contributed by atoms with van der Waals surface area (Å²) in [7, 11) is -4.01. The highest BCUT2D eigenvalue weighted by atomic mass is 35.6. The lowest BCUT2D eigenvalue weighted by Crippen LogP contribution is -2.16. The van der Waals surface area contributed by atoms with Crippen LogP contribution in [0.1, 0.15) is 17.2 Å². The lowest BCUT2D eigenvalue weighted by atomic mass is 10.2. The Kier molecular flexibility index (Phi) is 7.18. The maximum Gasteiger partial charge on any atom is 0.339 e. The van der Waals surface area contributed by atoms with Crippen molar-refractivity contribution in [1.29, 1.82) is 0 Å². The van der Waals surface area contributed by atoms with Crippen LogP contribution in [0.15, 0.2) is 53.4 Å². The van der Waals surface area contributed by atoms with Crippen LogP contribution in [0, 0.1) is 6.92 Å². The highest BCUT2D eigenvalue weighted by Crippen LogP contribution is 2.40. The highest BCUT2D eigenvalue weighted by molar-refractivity contribution is 7.87. The minimum atomic E-state index is -4.01. The molecule has 0 spiro atoms. The van der Waals surface area contributed by atoms with E-state index in [0.29, 0.717) is 5.56 Å². The summed E-state index contributed by atoms with van der Waals surface area (Å²) in [5, 5.41) is 0. The van der Waals surface area contributed by atoms with Gasteiger partial charge in [0, 0.05) is 5.56 Å². The van der Waals surface area contributed by atoms with Gasteiger partial charge in [0.25, 0.3) is 0 Å². The monoisotopic (exact) mass is 559 g/mol. The predicted octanol–water partition coefficient (Wildman–Crippen LogP) is 6.27. The number of aryl methyl sites for hydroxylation is 1. The van der Waals surface area contributed by atoms with Gasteiger partial charge in [-0.15, -0.1) is 0 Å². The first-order valence-electron chi connectivity index (χ1n) is 8.28. The molecule has 6 nitrogen and oxygen atoms in total. The molecule has 0 bridgehead atoms. The van der Waals surface area contributed by atoms with E-state index in [1.807, 2.05) is 6.92 Å². The topological polar surface area (TPSA) is 82.0 Å². The zero-order chi connectivity index (χ0) is 23.0. The van der Waals surface area contributed by atoms with E-state index in [0.717, 1.165) is 5.56 Å². The number of benzene rings is 2. The van der Waals surface area contributed by atoms with E-state index in [2.05, 4.69) is 15.0 Å². The van der Waals surface area contributed by atoms with Gasteiger partial charge in [-0.25, -0.2) is 15.0 Å². The first-order chi connectivity index (χ1) is 14.3. The van der Waals surface area contributed by atoms with Gasteiger partial charge in [0.05, 0.1) is 0 Å². The van der Waals surface area contributed by atoms with Gasteiger partial charge in [-0.05, 0) is 43.3 Å². The lowest BCUT2D eigenvalue weighted by Gasteiger charge is -2.15. The maximum atomic E-state index is 12.4. The van der Waals surface area contributed by atoms with Crippen LogP contribution in [0.3, 0.4) is 0 Å². The van der Waals surface area contributed by atoms with E-state index in [1.54, 1.807) is 12.1 Å². The van der Waals surface area contributed by atoms with Crippen LogP contribution in [0.4, 0.5) is 0 Å². The number of alkyl halides is 6. The van der Waals surface area contributed by atoms with E-state index in [-0.39, 0.29) is 28.1 Å². The highest BCUT2D eigenvalue weighted by Gasteiger charge is 2.34. The number of nitrogens with zero attached hydrogens (tertiary/aromatic N) is 3. The van der Waals surface area contributed by atoms with Crippen molar-refractivity contribution < 1.29 is 12.6 Å². The minimum Gasteiger partial charge on any atom is -0.379 e. The molecule has 31 heavy (non-hydrogen) atoms. The van der Waals surface area contributed by atoms with Crippen molar-refractivity contribution in [2.45, 2.75) is 19.4 Å². The van der Waals surface area contributed by atoms with Crippen molar-refractivity contribution in [3.8, 4) is 17.1 Å². The average molecular weight is 562 g/mol. The molecule has 2 aromatic carbocycles. The normalized spacial score (nSPS) is 12.6. The summed E-state index contributed by atoms with van der Waals surface area (Å²) >= 11 is 35.2. The predicted molar refractivity (Wildman–Crippen MR) is 123 cm³/mol. The molecule has 0 N–H and O–H groups in total. The third-order valence-corrected chi connectivity index (χ3v) is 6.05. The molecule has 0 aliphatic rings. The fourth-order valence-corrected chi connectivity index (χ4v) is 3.74. The third kappa shape index (κ3) is 6.26. The van der Waals surface area contributed by atoms with E-state index in [4.69, 9.17) is 73.8 Å². The Bertz CT molecular complexity index is 1160. The van der Waals surface area contributed by atoms with E-state index >= 15 is 0 Å². The minimum absolute atomic E-state index is 0.0271. The van der Waals surface area contributed by atoms with Gasteiger partial charge in [0.15, 0.2) is 17.5 Å². The standard InChI is InChI=1S/C18H11Cl6N3O3S/c1-10-2-8-13(9-3-10)31(28,29)30-12-6-4-11(5-7-12)14-25-15(17(19,20)21)27-16(26-14)18(22,23)24/h2-9H,1H3. The van der Waals surface area contributed by atoms with Gasteiger partial charge in [-0.1, -0.05) is 87.3 Å². The van der Waals surface area contributed by atoms with Crippen molar-refractivity contribution in [3.05, 3.63) is 65.7 Å². The molecule has 0 unspecified atom stereocenters. The maximum absolute atomic E-state index is 12.4. The summed E-state index contributed by atoms with van der Waals surface area (Å²) in [6, 6.07) is 12.1. The van der Waals surface area contributed by atoms with E-state index < -0.39 is 17.7 Å². The first kappa shape index (κ1) is 24.6. The number of aromatic nitrogens is 3. The Morgan fingerprint density at radius 3 is 1.68 bits per heavy atom. The van der Waals surface area contributed by atoms with Crippen LogP contribution < -0.4 is 4.18 Å². The Morgan fingerprint density at radius 2 is 1.23 bits per heavy atom. The molecule has 3 aromatic rings. The van der Waals surface area contributed by atoms with Gasteiger partial charge in [0.2, 0.25) is 7.59 Å². The average Bonchev–Trinajstić information content (AvgIpc) is 2.67. The number of hydrogen-bond donors (Lipinski definition) is 0. The summed E-state index contributed by atoms with van der Waals surface area (Å²) < 4.78 is 26.1. The van der Waals surface area contributed by atoms with Crippen molar-refractivity contribution in [3.63, 3.8) is 0 Å². The molecule has 0 atom stereocenters. The Labute approximate surface area is 208 Å². The molecule has 0 aliphatic carbocycles. The Morgan fingerprint density at radius 1 is 0.742 bits per heavy atom. The molecule has 0 saturated carbocycles. The Hall–Kier alpha value is -1.06. The summed E-state index contributed by atoms with van der Waals surface area (Å²) in [5.41, 5.74) is 1.33. The third-order valence-electron chi connectivity index (χ3n) is 3.77. The molecule has 1 heterocycles. The molecule has 3 rings (SSSR count). The lowest BCUT2D eigenvalue weighted by molar-refractivity contribution is 0.486. The molecule has 0 fully saturated rings. The molecule has 0 amide bonds. The fraction of sp³-hybridized carbons (Fsp3) is 0.167. The van der Waals surface area contributed by atoms with Crippen LogP contribution >= 0.6 is 69.6 Å². The largest absolute Gasteiger partial charge is 0.379 e. The summed E-state index contributed by atoms with van der Waals surface area (Å²) in [6.07, 6.45) is 0. The van der Waals surface area contributed by atoms with Gasteiger partial charge in [-0.3, -0.25) is 0 Å². The smallest absolute Gasteiger partial charge is 0.339 e. The van der Waals surface area contributed by atoms with Gasteiger partial charge in [-0.2, -0.15) is 8.42 Å². The molecule has 0 saturated heterocycles. The van der Waals surface area contributed by atoms with Gasteiger partial charge < -0.3 is 4.18 Å². The van der Waals surface area contributed by atoms with Crippen LogP contribution in [0.5, 0.6) is 5.75 Å². The number of halogens is 6. The SMILES string of the molecule is Cc1ccc(S(=O)(=O)Oc2ccc(-c3nc(C(Cl)(Cl)Cl)nc(C(Cl)(Cl)Cl)n3)cc2)cc1. The zero-order valence-electron chi connectivity index (χ0n) is 15.4. The van der Waals surface area contributed by atoms with Crippen molar-refractivity contribution in [1.82, 2.24) is 15.0 Å². The molecule has 0 aliphatic heterocycles. The van der Waals surface area contributed by atoms with Crippen molar-refractivity contribution in [2.75, 3.05) is 0 Å². The molecule has 164 valence electrons. The summed E-state index contributed by atoms with van der Waals surface area (Å²) in [6.45, 7) is 1.85.